The predicted molar refractivity (Wildman–Crippen MR) is 58.1 cm³/mol. The molecule has 2 N–H and O–H groups in total. The third kappa shape index (κ3) is 2.57. The topological polar surface area (TPSA) is 86.7 Å². The highest BCUT2D eigenvalue weighted by Gasteiger charge is 2.34. The zero-order valence-corrected chi connectivity index (χ0v) is 9.52. The molecule has 2 saturated heterocycles. The fraction of sp³-hybridized carbons (Fsp3) is 0.727. The third-order valence-electron chi connectivity index (χ3n) is 3.41. The van der Waals surface area contributed by atoms with Gasteiger partial charge in [-0.25, -0.2) is 0 Å². The molecule has 0 aromatic carbocycles. The molecule has 0 radical (unpaired) electrons. The van der Waals surface area contributed by atoms with Crippen LogP contribution in [0.2, 0.25) is 0 Å². The van der Waals surface area contributed by atoms with Gasteiger partial charge >= 0.3 is 5.97 Å². The summed E-state index contributed by atoms with van der Waals surface area (Å²) in [5.74, 6) is -1.81. The standard InChI is InChI=1S/C11H16N2O4/c14-9-4-8(5-12-9)10(15)13-3-1-2-7(6-13)11(16)17/h7-8H,1-6H2,(H,12,14)(H,16,17)/t7-,8?/m1/s1. The summed E-state index contributed by atoms with van der Waals surface area (Å²) in [7, 11) is 0. The number of rotatable bonds is 2. The molecule has 0 aromatic rings. The molecule has 0 spiro atoms. The van der Waals surface area contributed by atoms with Crippen molar-refractivity contribution in [3.05, 3.63) is 0 Å². The Kier molecular flexibility index (Phi) is 3.31. The third-order valence-corrected chi connectivity index (χ3v) is 3.41. The van der Waals surface area contributed by atoms with E-state index in [9.17, 15) is 14.4 Å². The predicted octanol–water partition coefficient (Wildman–Crippen LogP) is -0.554. The summed E-state index contributed by atoms with van der Waals surface area (Å²) < 4.78 is 0. The Labute approximate surface area is 99.0 Å². The van der Waals surface area contributed by atoms with Crippen LogP contribution in [0.4, 0.5) is 0 Å². The lowest BCUT2D eigenvalue weighted by Gasteiger charge is -2.32. The average molecular weight is 240 g/mol. The molecule has 2 aliphatic heterocycles. The minimum absolute atomic E-state index is 0.0886. The van der Waals surface area contributed by atoms with Gasteiger partial charge in [-0.3, -0.25) is 14.4 Å². The number of carboxylic acid groups (broad SMARTS) is 1. The molecule has 0 bridgehead atoms. The number of likely N-dealkylation sites (tertiary alicyclic amines) is 1. The molecule has 6 nitrogen and oxygen atoms in total. The zero-order valence-electron chi connectivity index (χ0n) is 9.52. The van der Waals surface area contributed by atoms with E-state index < -0.39 is 11.9 Å². The van der Waals surface area contributed by atoms with E-state index in [0.29, 0.717) is 19.5 Å². The number of carbonyl (C=O) groups is 3. The van der Waals surface area contributed by atoms with E-state index in [1.807, 2.05) is 0 Å². The summed E-state index contributed by atoms with van der Waals surface area (Å²) in [6, 6.07) is 0. The van der Waals surface area contributed by atoms with Crippen molar-refractivity contribution in [3.8, 4) is 0 Å². The largest absolute Gasteiger partial charge is 0.481 e. The van der Waals surface area contributed by atoms with Crippen LogP contribution in [0.15, 0.2) is 0 Å². The normalized spacial score (nSPS) is 28.9. The first-order valence-electron chi connectivity index (χ1n) is 5.86. The van der Waals surface area contributed by atoms with Gasteiger partial charge in [0, 0.05) is 26.1 Å². The lowest BCUT2D eigenvalue weighted by molar-refractivity contribution is -0.146. The second-order valence-corrected chi connectivity index (χ2v) is 4.67. The summed E-state index contributed by atoms with van der Waals surface area (Å²) in [5, 5.41) is 11.6. The van der Waals surface area contributed by atoms with Gasteiger partial charge in [0.15, 0.2) is 0 Å². The molecule has 0 aromatic heterocycles. The maximum Gasteiger partial charge on any atom is 0.308 e. The Bertz CT molecular complexity index is 355. The Morgan fingerprint density at radius 3 is 2.71 bits per heavy atom. The summed E-state index contributed by atoms with van der Waals surface area (Å²) in [6.45, 7) is 1.26. The van der Waals surface area contributed by atoms with Crippen molar-refractivity contribution in [2.24, 2.45) is 11.8 Å². The molecular formula is C11H16N2O4. The molecule has 2 rings (SSSR count). The molecule has 6 heteroatoms. The van der Waals surface area contributed by atoms with E-state index in [4.69, 9.17) is 5.11 Å². The summed E-state index contributed by atoms with van der Waals surface area (Å²) in [4.78, 5) is 35.6. The smallest absolute Gasteiger partial charge is 0.308 e. The van der Waals surface area contributed by atoms with Gasteiger partial charge in [-0.2, -0.15) is 0 Å². The number of hydrogen-bond donors (Lipinski definition) is 2. The number of nitrogens with one attached hydrogen (secondary N) is 1. The van der Waals surface area contributed by atoms with Crippen LogP contribution in [0.5, 0.6) is 0 Å². The maximum absolute atomic E-state index is 12.1. The van der Waals surface area contributed by atoms with Crippen LogP contribution < -0.4 is 5.32 Å². The second kappa shape index (κ2) is 4.73. The van der Waals surface area contributed by atoms with Crippen molar-refractivity contribution in [1.29, 1.82) is 0 Å². The molecule has 2 atom stereocenters. The fourth-order valence-corrected chi connectivity index (χ4v) is 2.42. The quantitative estimate of drug-likeness (QED) is 0.677. The van der Waals surface area contributed by atoms with Gasteiger partial charge in [0.05, 0.1) is 11.8 Å². The highest BCUT2D eigenvalue weighted by molar-refractivity contribution is 5.89. The van der Waals surface area contributed by atoms with Crippen LogP contribution in [0.3, 0.4) is 0 Å². The van der Waals surface area contributed by atoms with Crippen molar-refractivity contribution in [3.63, 3.8) is 0 Å². The molecule has 94 valence electrons. The first kappa shape index (κ1) is 11.9. The Morgan fingerprint density at radius 1 is 1.35 bits per heavy atom. The minimum Gasteiger partial charge on any atom is -0.481 e. The first-order valence-corrected chi connectivity index (χ1v) is 5.86. The van der Waals surface area contributed by atoms with Gasteiger partial charge in [-0.05, 0) is 12.8 Å². The highest BCUT2D eigenvalue weighted by atomic mass is 16.4. The second-order valence-electron chi connectivity index (χ2n) is 4.67. The number of nitrogens with zero attached hydrogens (tertiary/aromatic N) is 1. The van der Waals surface area contributed by atoms with Gasteiger partial charge < -0.3 is 15.3 Å². The monoisotopic (exact) mass is 240 g/mol. The lowest BCUT2D eigenvalue weighted by atomic mass is 9.96. The maximum atomic E-state index is 12.1. The Balaban J connectivity index is 1.95. The van der Waals surface area contributed by atoms with Gasteiger partial charge in [0.1, 0.15) is 0 Å². The molecule has 1 unspecified atom stereocenters. The van der Waals surface area contributed by atoms with Crippen LogP contribution in [-0.2, 0) is 14.4 Å². The van der Waals surface area contributed by atoms with Crippen LogP contribution in [0, 0.1) is 11.8 Å². The number of carboxylic acids is 1. The van der Waals surface area contributed by atoms with Crippen LogP contribution in [0.25, 0.3) is 0 Å². The molecule has 0 aliphatic carbocycles. The number of amides is 2. The van der Waals surface area contributed by atoms with Crippen LogP contribution >= 0.6 is 0 Å². The molecule has 2 fully saturated rings. The number of piperidine rings is 1. The van der Waals surface area contributed by atoms with Gasteiger partial charge in [-0.1, -0.05) is 0 Å². The molecule has 2 amide bonds. The first-order chi connectivity index (χ1) is 8.08. The molecule has 17 heavy (non-hydrogen) atoms. The van der Waals surface area contributed by atoms with E-state index >= 15 is 0 Å². The molecule has 0 saturated carbocycles. The molecular weight excluding hydrogens is 224 g/mol. The van der Waals surface area contributed by atoms with Crippen molar-refractivity contribution >= 4 is 17.8 Å². The molecule has 2 aliphatic rings. The highest BCUT2D eigenvalue weighted by Crippen LogP contribution is 2.20. The van der Waals surface area contributed by atoms with Crippen LogP contribution in [0.1, 0.15) is 19.3 Å². The number of carbonyl (C=O) groups excluding carboxylic acids is 2. The van der Waals surface area contributed by atoms with Gasteiger partial charge in [0.2, 0.25) is 11.8 Å². The fourth-order valence-electron chi connectivity index (χ4n) is 2.42. The van der Waals surface area contributed by atoms with Gasteiger partial charge in [0.25, 0.3) is 0 Å². The molecule has 2 heterocycles. The SMILES string of the molecule is O=C1CC(C(=O)N2CCC[C@@H](C(=O)O)C2)CN1. The number of aliphatic carboxylic acids is 1. The average Bonchev–Trinajstić information content (AvgIpc) is 2.75. The van der Waals surface area contributed by atoms with Gasteiger partial charge in [-0.15, -0.1) is 0 Å². The summed E-state index contributed by atoms with van der Waals surface area (Å²) in [6.07, 6.45) is 1.57. The number of hydrogen-bond acceptors (Lipinski definition) is 3. The van der Waals surface area contributed by atoms with Crippen molar-refractivity contribution < 1.29 is 19.5 Å². The summed E-state index contributed by atoms with van der Waals surface area (Å²) >= 11 is 0. The van der Waals surface area contributed by atoms with Crippen molar-refractivity contribution in [1.82, 2.24) is 10.2 Å². The van der Waals surface area contributed by atoms with E-state index in [-0.39, 0.29) is 30.7 Å². The Hall–Kier alpha value is -1.59. The van der Waals surface area contributed by atoms with E-state index in [0.717, 1.165) is 6.42 Å². The minimum atomic E-state index is -0.844. The van der Waals surface area contributed by atoms with E-state index in [1.54, 1.807) is 4.90 Å². The Morgan fingerprint density at radius 2 is 2.12 bits per heavy atom. The van der Waals surface area contributed by atoms with Crippen molar-refractivity contribution in [2.45, 2.75) is 19.3 Å². The van der Waals surface area contributed by atoms with E-state index in [1.165, 1.54) is 0 Å². The van der Waals surface area contributed by atoms with Crippen molar-refractivity contribution in [2.75, 3.05) is 19.6 Å². The van der Waals surface area contributed by atoms with E-state index in [2.05, 4.69) is 5.32 Å². The van der Waals surface area contributed by atoms with Crippen LogP contribution in [-0.4, -0.2) is 47.4 Å². The zero-order chi connectivity index (χ0) is 12.4. The lowest BCUT2D eigenvalue weighted by Crippen LogP contribution is -2.45. The summed E-state index contributed by atoms with van der Waals surface area (Å²) in [5.41, 5.74) is 0.